The maximum absolute atomic E-state index is 12.7. The fourth-order valence-electron chi connectivity index (χ4n) is 4.29. The van der Waals surface area contributed by atoms with Crippen LogP contribution in [-0.4, -0.2) is 57.2 Å². The summed E-state index contributed by atoms with van der Waals surface area (Å²) in [5.41, 5.74) is 0.692. The molecule has 0 saturated heterocycles. The molecule has 2 aliphatic heterocycles. The largest absolute Gasteiger partial charge is 0.508 e. The highest BCUT2D eigenvalue weighted by Crippen LogP contribution is 2.45. The second-order valence-electron chi connectivity index (χ2n) is 8.20. The van der Waals surface area contributed by atoms with Gasteiger partial charge in [-0.05, 0) is 29.8 Å². The fourth-order valence-corrected chi connectivity index (χ4v) is 4.29. The summed E-state index contributed by atoms with van der Waals surface area (Å²) >= 11 is 0. The minimum atomic E-state index is -1.62. The van der Waals surface area contributed by atoms with Crippen LogP contribution in [0.3, 0.4) is 0 Å². The molecule has 3 aromatic carbocycles. The molecule has 0 spiro atoms. The highest BCUT2D eigenvalue weighted by atomic mass is 16.6. The number of aliphatic hydroxyl groups is 2. The van der Waals surface area contributed by atoms with Crippen molar-refractivity contribution < 1.29 is 49.3 Å². The lowest BCUT2D eigenvalue weighted by atomic mass is 9.92. The third kappa shape index (κ3) is 3.82. The summed E-state index contributed by atoms with van der Waals surface area (Å²) in [6.45, 7) is -0.360. The van der Waals surface area contributed by atoms with Gasteiger partial charge in [0.25, 0.3) is 0 Å². The molecule has 10 heteroatoms. The second-order valence-corrected chi connectivity index (χ2v) is 8.20. The first-order valence-corrected chi connectivity index (χ1v) is 10.7. The van der Waals surface area contributed by atoms with Crippen molar-refractivity contribution in [1.82, 2.24) is 0 Å². The number of benzene rings is 3. The van der Waals surface area contributed by atoms with Gasteiger partial charge in [0.2, 0.25) is 5.78 Å². The van der Waals surface area contributed by atoms with E-state index in [1.807, 2.05) is 0 Å². The molecule has 3 aromatic rings. The van der Waals surface area contributed by atoms with Gasteiger partial charge >= 0.3 is 0 Å². The van der Waals surface area contributed by atoms with Crippen LogP contribution in [0.2, 0.25) is 0 Å². The number of methoxy groups -OCH3 is 1. The molecule has 10 nitrogen and oxygen atoms in total. The highest BCUT2D eigenvalue weighted by molar-refractivity contribution is 6.05. The van der Waals surface area contributed by atoms with E-state index in [0.29, 0.717) is 16.9 Å². The predicted octanol–water partition coefficient (Wildman–Crippen LogP) is 2.36. The molecule has 5 rings (SSSR count). The Bertz CT molecular complexity index is 1300. The van der Waals surface area contributed by atoms with Gasteiger partial charge in [0.15, 0.2) is 47.4 Å². The number of hydrogen-bond donors (Lipinski definition) is 5. The van der Waals surface area contributed by atoms with E-state index in [0.717, 1.165) is 6.07 Å². The number of ketones is 1. The Morgan fingerprint density at radius 1 is 0.829 bits per heavy atom. The Balaban J connectivity index is 1.49. The summed E-state index contributed by atoms with van der Waals surface area (Å²) in [7, 11) is 1.43. The van der Waals surface area contributed by atoms with Crippen LogP contribution < -0.4 is 18.9 Å². The first-order chi connectivity index (χ1) is 16.8. The maximum atomic E-state index is 12.7. The molecule has 0 fully saturated rings. The van der Waals surface area contributed by atoms with Crippen molar-refractivity contribution in [2.45, 2.75) is 24.4 Å². The van der Waals surface area contributed by atoms with Crippen LogP contribution >= 0.6 is 0 Å². The summed E-state index contributed by atoms with van der Waals surface area (Å²) in [4.78, 5) is 12.7. The van der Waals surface area contributed by atoms with Crippen LogP contribution in [0.1, 0.15) is 33.7 Å². The molecule has 0 saturated carbocycles. The minimum Gasteiger partial charge on any atom is -0.508 e. The maximum Gasteiger partial charge on any atom is 0.202 e. The number of phenolic OH excluding ortho intramolecular Hbond substituents is 3. The van der Waals surface area contributed by atoms with E-state index in [2.05, 4.69) is 0 Å². The van der Waals surface area contributed by atoms with E-state index in [-0.39, 0.29) is 40.9 Å². The molecule has 2 aliphatic rings. The first kappa shape index (κ1) is 22.6. The van der Waals surface area contributed by atoms with Gasteiger partial charge in [-0.3, -0.25) is 4.79 Å². The number of Topliss-reactive ketones (excluding diaryl/α,β-unsaturated/α-hetero) is 1. The van der Waals surface area contributed by atoms with Gasteiger partial charge in [-0.15, -0.1) is 0 Å². The van der Waals surface area contributed by atoms with Gasteiger partial charge in [-0.1, -0.05) is 12.1 Å². The van der Waals surface area contributed by atoms with Crippen LogP contribution in [0.4, 0.5) is 0 Å². The number of carbonyl (C=O) groups excluding carboxylic acids is 1. The van der Waals surface area contributed by atoms with Crippen molar-refractivity contribution in [1.29, 1.82) is 0 Å². The van der Waals surface area contributed by atoms with Crippen LogP contribution in [-0.2, 0) is 0 Å². The lowest BCUT2D eigenvalue weighted by Crippen LogP contribution is -2.37. The quantitative estimate of drug-likeness (QED) is 0.374. The van der Waals surface area contributed by atoms with Gasteiger partial charge in [0.05, 0.1) is 13.7 Å². The molecule has 2 heterocycles. The van der Waals surface area contributed by atoms with Crippen molar-refractivity contribution in [2.24, 2.45) is 0 Å². The van der Waals surface area contributed by atoms with Crippen LogP contribution in [0.15, 0.2) is 48.5 Å². The number of rotatable bonds is 4. The summed E-state index contributed by atoms with van der Waals surface area (Å²) in [6.07, 6.45) is -4.32. The van der Waals surface area contributed by atoms with Crippen molar-refractivity contribution in [2.75, 3.05) is 13.7 Å². The monoisotopic (exact) mass is 482 g/mol. The van der Waals surface area contributed by atoms with E-state index in [4.69, 9.17) is 18.9 Å². The smallest absolute Gasteiger partial charge is 0.202 e. The predicted molar refractivity (Wildman–Crippen MR) is 119 cm³/mol. The number of aliphatic hydroxyl groups excluding tert-OH is 2. The number of hydrogen-bond acceptors (Lipinski definition) is 10. The van der Waals surface area contributed by atoms with E-state index in [9.17, 15) is 30.3 Å². The fraction of sp³-hybridized carbons (Fsp3) is 0.240. The molecule has 182 valence electrons. The molecule has 35 heavy (non-hydrogen) atoms. The highest BCUT2D eigenvalue weighted by Gasteiger charge is 2.40. The zero-order valence-corrected chi connectivity index (χ0v) is 18.4. The van der Waals surface area contributed by atoms with Gasteiger partial charge in [-0.2, -0.15) is 0 Å². The Morgan fingerprint density at radius 3 is 2.26 bits per heavy atom. The standard InChI is InChI=1S/C25H22O10/c1-32-16-4-2-11(6-14(16)28)24-20(10-26)33-17-5-3-12(7-18(17)34-24)25-23(31)22(30)21-15(29)8-13(27)9-19(21)35-25/h2-9,20,23-29,31H,10H2,1H3. The molecule has 0 aliphatic carbocycles. The zero-order valence-electron chi connectivity index (χ0n) is 18.4. The number of fused-ring (bicyclic) bond motifs is 2. The van der Waals surface area contributed by atoms with Crippen LogP contribution in [0.5, 0.6) is 40.2 Å². The summed E-state index contributed by atoms with van der Waals surface area (Å²) < 4.78 is 22.9. The number of aromatic hydroxyl groups is 3. The van der Waals surface area contributed by atoms with Crippen LogP contribution in [0, 0.1) is 0 Å². The lowest BCUT2D eigenvalue weighted by molar-refractivity contribution is -0.0130. The van der Waals surface area contributed by atoms with Crippen molar-refractivity contribution in [3.05, 3.63) is 65.2 Å². The van der Waals surface area contributed by atoms with E-state index in [1.165, 1.54) is 25.3 Å². The molecule has 0 amide bonds. The summed E-state index contributed by atoms with van der Waals surface area (Å²) in [5, 5.41) is 50.5. The molecule has 0 radical (unpaired) electrons. The van der Waals surface area contributed by atoms with Gasteiger partial charge in [0.1, 0.15) is 22.8 Å². The average Bonchev–Trinajstić information content (AvgIpc) is 2.84. The molecule has 0 aromatic heterocycles. The Morgan fingerprint density at radius 2 is 1.54 bits per heavy atom. The SMILES string of the molecule is COc1ccc(C2Oc3cc(C4Oc5cc(O)cc(O)c5C(=O)C4O)ccc3OC2CO)cc1O. The molecule has 0 bridgehead atoms. The first-order valence-electron chi connectivity index (χ1n) is 10.7. The number of carbonyl (C=O) groups is 1. The molecular weight excluding hydrogens is 460 g/mol. The number of phenols is 3. The lowest BCUT2D eigenvalue weighted by Gasteiger charge is -2.35. The molecule has 5 N–H and O–H groups in total. The number of ether oxygens (including phenoxy) is 4. The Hall–Kier alpha value is -4.15. The van der Waals surface area contributed by atoms with Crippen LogP contribution in [0.25, 0.3) is 0 Å². The molecular formula is C25H22O10. The summed E-state index contributed by atoms with van der Waals surface area (Å²) in [5.74, 6) is -0.849. The van der Waals surface area contributed by atoms with E-state index >= 15 is 0 Å². The Kier molecular flexibility index (Phi) is 5.54. The summed E-state index contributed by atoms with van der Waals surface area (Å²) in [6, 6.07) is 11.5. The molecule has 4 atom stereocenters. The third-order valence-electron chi connectivity index (χ3n) is 6.00. The normalized spacial score (nSPS) is 22.8. The Labute approximate surface area is 199 Å². The van der Waals surface area contributed by atoms with Crippen molar-refractivity contribution in [3.8, 4) is 40.2 Å². The van der Waals surface area contributed by atoms with Gasteiger partial charge in [0, 0.05) is 17.7 Å². The van der Waals surface area contributed by atoms with E-state index in [1.54, 1.807) is 24.3 Å². The van der Waals surface area contributed by atoms with E-state index < -0.39 is 35.9 Å². The average molecular weight is 482 g/mol. The zero-order chi connectivity index (χ0) is 24.9. The van der Waals surface area contributed by atoms with Crippen molar-refractivity contribution >= 4 is 5.78 Å². The topological polar surface area (TPSA) is 155 Å². The third-order valence-corrected chi connectivity index (χ3v) is 6.00. The second kappa shape index (κ2) is 8.57. The molecule has 4 unspecified atom stereocenters. The van der Waals surface area contributed by atoms with Gasteiger partial charge < -0.3 is 44.5 Å². The van der Waals surface area contributed by atoms with Gasteiger partial charge in [-0.25, -0.2) is 0 Å². The van der Waals surface area contributed by atoms with Crippen molar-refractivity contribution in [3.63, 3.8) is 0 Å². The minimum absolute atomic E-state index is 0.0652.